The molecule has 0 bridgehead atoms. The predicted octanol–water partition coefficient (Wildman–Crippen LogP) is 5.36. The Kier molecular flexibility index (Phi) is 6.32. The van der Waals surface area contributed by atoms with Gasteiger partial charge in [0, 0.05) is 15.8 Å². The molecule has 7 nitrogen and oxygen atoms in total. The number of hydrogen-bond donors (Lipinski definition) is 2. The van der Waals surface area contributed by atoms with Gasteiger partial charge in [-0.15, -0.1) is 0 Å². The summed E-state index contributed by atoms with van der Waals surface area (Å²) in [7, 11) is 0. The number of aliphatic hydroxyl groups is 1. The topological polar surface area (TPSA) is 97.5 Å². The molecule has 2 aromatic carbocycles. The van der Waals surface area contributed by atoms with Crippen LogP contribution in [-0.4, -0.2) is 44.2 Å². The SMILES string of the molecule is CC(C)c1sc(-n2nc(C(=O)O)c3cc(C(F)(F)F)ccc32)nc1-c1cccc(OCCO)c1. The van der Waals surface area contributed by atoms with Crippen LogP contribution in [-0.2, 0) is 6.18 Å². The number of aliphatic hydroxyl groups excluding tert-OH is 1. The molecule has 0 unspecified atom stereocenters. The van der Waals surface area contributed by atoms with Gasteiger partial charge in [-0.3, -0.25) is 0 Å². The molecule has 2 N–H and O–H groups in total. The van der Waals surface area contributed by atoms with Crippen molar-refractivity contribution >= 4 is 28.2 Å². The summed E-state index contributed by atoms with van der Waals surface area (Å²) in [6.45, 7) is 3.97. The Morgan fingerprint density at radius 1 is 1.21 bits per heavy atom. The first-order valence-electron chi connectivity index (χ1n) is 10.3. The van der Waals surface area contributed by atoms with Gasteiger partial charge in [-0.2, -0.15) is 18.3 Å². The first-order valence-corrected chi connectivity index (χ1v) is 11.1. The molecule has 178 valence electrons. The lowest BCUT2D eigenvalue weighted by molar-refractivity contribution is -0.137. The molecule has 0 fully saturated rings. The lowest BCUT2D eigenvalue weighted by atomic mass is 10.1. The van der Waals surface area contributed by atoms with E-state index in [9.17, 15) is 23.1 Å². The third-order valence-corrected chi connectivity index (χ3v) is 6.36. The molecule has 0 aliphatic heterocycles. The van der Waals surface area contributed by atoms with Gasteiger partial charge in [0.1, 0.15) is 12.4 Å². The normalized spacial score (nSPS) is 12.0. The minimum Gasteiger partial charge on any atom is -0.491 e. The third-order valence-electron chi connectivity index (χ3n) is 5.02. The molecule has 11 heteroatoms. The van der Waals surface area contributed by atoms with Crippen molar-refractivity contribution in [2.75, 3.05) is 13.2 Å². The number of carboxylic acids is 1. The summed E-state index contributed by atoms with van der Waals surface area (Å²) in [5, 5.41) is 22.9. The molecule has 0 saturated carbocycles. The number of aromatic carboxylic acids is 1. The van der Waals surface area contributed by atoms with Gasteiger partial charge in [0.05, 0.1) is 23.4 Å². The van der Waals surface area contributed by atoms with E-state index in [0.717, 1.165) is 22.6 Å². The van der Waals surface area contributed by atoms with Crippen LogP contribution in [0.1, 0.15) is 40.7 Å². The van der Waals surface area contributed by atoms with Crippen LogP contribution in [0.3, 0.4) is 0 Å². The van der Waals surface area contributed by atoms with E-state index in [1.807, 2.05) is 19.9 Å². The van der Waals surface area contributed by atoms with E-state index >= 15 is 0 Å². The number of aromatic nitrogens is 3. The largest absolute Gasteiger partial charge is 0.491 e. The first kappa shape index (κ1) is 23.7. The van der Waals surface area contributed by atoms with Gasteiger partial charge < -0.3 is 14.9 Å². The lowest BCUT2D eigenvalue weighted by Gasteiger charge is -2.08. The second-order valence-electron chi connectivity index (χ2n) is 7.76. The average Bonchev–Trinajstić information content (AvgIpc) is 3.39. The van der Waals surface area contributed by atoms with Crippen molar-refractivity contribution < 1.29 is 32.9 Å². The number of benzene rings is 2. The first-order chi connectivity index (χ1) is 16.1. The Morgan fingerprint density at radius 3 is 2.62 bits per heavy atom. The fraction of sp³-hybridized carbons (Fsp3) is 0.261. The van der Waals surface area contributed by atoms with E-state index in [2.05, 4.69) is 10.1 Å². The minimum atomic E-state index is -4.62. The molecule has 4 aromatic rings. The highest BCUT2D eigenvalue weighted by molar-refractivity contribution is 7.14. The highest BCUT2D eigenvalue weighted by Crippen LogP contribution is 2.38. The number of fused-ring (bicyclic) bond motifs is 1. The van der Waals surface area contributed by atoms with Crippen molar-refractivity contribution in [2.24, 2.45) is 0 Å². The van der Waals surface area contributed by atoms with E-state index in [-0.39, 0.29) is 30.0 Å². The van der Waals surface area contributed by atoms with E-state index in [0.29, 0.717) is 16.6 Å². The Hall–Kier alpha value is -3.44. The fourth-order valence-corrected chi connectivity index (χ4v) is 4.56. The van der Waals surface area contributed by atoms with E-state index in [4.69, 9.17) is 9.84 Å². The van der Waals surface area contributed by atoms with Gasteiger partial charge in [-0.05, 0) is 36.2 Å². The maximum Gasteiger partial charge on any atom is 0.416 e. The number of nitrogens with zero attached hydrogens (tertiary/aromatic N) is 3. The highest BCUT2D eigenvalue weighted by Gasteiger charge is 2.32. The Morgan fingerprint density at radius 2 is 1.97 bits per heavy atom. The molecule has 0 spiro atoms. The molecule has 34 heavy (non-hydrogen) atoms. The van der Waals surface area contributed by atoms with E-state index < -0.39 is 23.4 Å². The maximum absolute atomic E-state index is 13.2. The molecular formula is C23H20F3N3O4S. The number of halogens is 3. The van der Waals surface area contributed by atoms with Crippen LogP contribution in [0, 0.1) is 0 Å². The van der Waals surface area contributed by atoms with Crippen molar-refractivity contribution in [1.82, 2.24) is 14.8 Å². The molecule has 0 aliphatic rings. The van der Waals surface area contributed by atoms with Gasteiger partial charge in [0.25, 0.3) is 0 Å². The highest BCUT2D eigenvalue weighted by atomic mass is 32.1. The zero-order valence-electron chi connectivity index (χ0n) is 18.1. The fourth-order valence-electron chi connectivity index (χ4n) is 3.50. The minimum absolute atomic E-state index is 0.0564. The summed E-state index contributed by atoms with van der Waals surface area (Å²) >= 11 is 1.28. The molecule has 4 rings (SSSR count). The third kappa shape index (κ3) is 4.48. The maximum atomic E-state index is 13.2. The molecule has 2 aromatic heterocycles. The van der Waals surface area contributed by atoms with Crippen LogP contribution in [0.5, 0.6) is 5.75 Å². The number of ether oxygens (including phenoxy) is 1. The molecule has 0 amide bonds. The van der Waals surface area contributed by atoms with E-state index in [1.54, 1.807) is 18.2 Å². The lowest BCUT2D eigenvalue weighted by Crippen LogP contribution is -2.04. The van der Waals surface area contributed by atoms with Crippen molar-refractivity contribution in [3.8, 4) is 22.1 Å². The molecule has 0 aliphatic carbocycles. The molecule has 0 atom stereocenters. The zero-order chi connectivity index (χ0) is 24.6. The molecule has 0 saturated heterocycles. The van der Waals surface area contributed by atoms with Crippen molar-refractivity contribution in [3.63, 3.8) is 0 Å². The monoisotopic (exact) mass is 491 g/mol. The summed E-state index contributed by atoms with van der Waals surface area (Å²) in [5.41, 5.74) is 0.154. The van der Waals surface area contributed by atoms with Gasteiger partial charge in [-0.25, -0.2) is 14.5 Å². The standard InChI is InChI=1S/C23H20F3N3O4S/c1-12(2)20-18(13-4-3-5-15(10-13)33-9-8-30)27-22(34-20)29-17-7-6-14(23(24,25)26)11-16(17)19(28-29)21(31)32/h3-7,10-12,30H,8-9H2,1-2H3,(H,31,32). The van der Waals surface area contributed by atoms with Crippen LogP contribution in [0.25, 0.3) is 27.3 Å². The van der Waals surface area contributed by atoms with Gasteiger partial charge in [0.2, 0.25) is 5.13 Å². The van der Waals surface area contributed by atoms with Crippen molar-refractivity contribution in [1.29, 1.82) is 0 Å². The van der Waals surface area contributed by atoms with Gasteiger partial charge >= 0.3 is 12.1 Å². The smallest absolute Gasteiger partial charge is 0.416 e. The van der Waals surface area contributed by atoms with Crippen LogP contribution in [0.4, 0.5) is 13.2 Å². The quantitative estimate of drug-likeness (QED) is 0.361. The summed E-state index contributed by atoms with van der Waals surface area (Å²) < 4.78 is 46.4. The summed E-state index contributed by atoms with van der Waals surface area (Å²) in [5.74, 6) is -0.827. The molecular weight excluding hydrogens is 471 g/mol. The van der Waals surface area contributed by atoms with Gasteiger partial charge in [0.15, 0.2) is 5.69 Å². The number of rotatable bonds is 7. The summed E-state index contributed by atoms with van der Waals surface area (Å²) in [4.78, 5) is 17.3. The van der Waals surface area contributed by atoms with Crippen LogP contribution >= 0.6 is 11.3 Å². The number of alkyl halides is 3. The Bertz CT molecular complexity index is 1360. The number of thiazole rings is 1. The zero-order valence-corrected chi connectivity index (χ0v) is 18.9. The van der Waals surface area contributed by atoms with E-state index in [1.165, 1.54) is 22.1 Å². The van der Waals surface area contributed by atoms with Crippen molar-refractivity contribution in [2.45, 2.75) is 25.9 Å². The van der Waals surface area contributed by atoms with Crippen LogP contribution < -0.4 is 4.74 Å². The van der Waals surface area contributed by atoms with Gasteiger partial charge in [-0.1, -0.05) is 37.3 Å². The van der Waals surface area contributed by atoms with Crippen LogP contribution in [0.2, 0.25) is 0 Å². The Balaban J connectivity index is 1.88. The van der Waals surface area contributed by atoms with Crippen molar-refractivity contribution in [3.05, 3.63) is 58.6 Å². The Labute approximate surface area is 196 Å². The molecule has 2 heterocycles. The molecule has 0 radical (unpaired) electrons. The van der Waals surface area contributed by atoms with Crippen LogP contribution in [0.15, 0.2) is 42.5 Å². The predicted molar refractivity (Wildman–Crippen MR) is 121 cm³/mol. The number of carbonyl (C=O) groups is 1. The number of carboxylic acid groups (broad SMARTS) is 1. The summed E-state index contributed by atoms with van der Waals surface area (Å²) in [6.07, 6.45) is -4.62. The second kappa shape index (κ2) is 9.07. The average molecular weight is 491 g/mol. The second-order valence-corrected chi connectivity index (χ2v) is 8.77. The number of hydrogen-bond acceptors (Lipinski definition) is 6. The summed E-state index contributed by atoms with van der Waals surface area (Å²) in [6, 6.07) is 10.1.